The van der Waals surface area contributed by atoms with Gasteiger partial charge in [0, 0.05) is 6.07 Å². The first-order chi connectivity index (χ1) is 9.79. The second-order valence-corrected chi connectivity index (χ2v) is 4.57. The summed E-state index contributed by atoms with van der Waals surface area (Å²) in [6.07, 6.45) is -0.327. The van der Waals surface area contributed by atoms with Crippen molar-refractivity contribution in [1.29, 1.82) is 0 Å². The number of hydrogen-bond donors (Lipinski definition) is 0. The molecule has 3 rings (SSSR count). The molecule has 1 amide bonds. The van der Waals surface area contributed by atoms with Crippen molar-refractivity contribution >= 4 is 11.8 Å². The van der Waals surface area contributed by atoms with Gasteiger partial charge in [-0.3, -0.25) is 4.90 Å². The van der Waals surface area contributed by atoms with Crippen molar-refractivity contribution in [2.45, 2.75) is 6.04 Å². The Morgan fingerprint density at radius 1 is 1.15 bits per heavy atom. The van der Waals surface area contributed by atoms with Crippen LogP contribution in [0.4, 0.5) is 10.5 Å². The maximum Gasteiger partial charge on any atom is 0.415 e. The number of hydrogen-bond acceptors (Lipinski definition) is 3. The van der Waals surface area contributed by atoms with Crippen LogP contribution < -0.4 is 9.64 Å². The highest BCUT2D eigenvalue weighted by atomic mass is 16.6. The normalized spacial score (nSPS) is 17.9. The fourth-order valence-corrected chi connectivity index (χ4v) is 2.39. The van der Waals surface area contributed by atoms with E-state index in [0.717, 1.165) is 11.3 Å². The fourth-order valence-electron chi connectivity index (χ4n) is 2.39. The van der Waals surface area contributed by atoms with E-state index in [1.54, 1.807) is 12.0 Å². The Hall–Kier alpha value is -2.49. The van der Waals surface area contributed by atoms with Crippen molar-refractivity contribution in [3.8, 4) is 5.75 Å². The van der Waals surface area contributed by atoms with Crippen LogP contribution in [-0.4, -0.2) is 19.8 Å². The van der Waals surface area contributed by atoms with Gasteiger partial charge in [-0.15, -0.1) is 0 Å². The number of ether oxygens (including phenoxy) is 2. The van der Waals surface area contributed by atoms with Crippen molar-refractivity contribution in [1.82, 2.24) is 0 Å². The molecule has 102 valence electrons. The Balaban J connectivity index is 1.98. The molecule has 0 N–H and O–H groups in total. The predicted molar refractivity (Wildman–Crippen MR) is 76.0 cm³/mol. The minimum absolute atomic E-state index is 0.101. The van der Waals surface area contributed by atoms with Gasteiger partial charge >= 0.3 is 6.09 Å². The molecule has 1 atom stereocenters. The Kier molecular flexibility index (Phi) is 3.29. The van der Waals surface area contributed by atoms with Crippen molar-refractivity contribution in [3.63, 3.8) is 0 Å². The summed E-state index contributed by atoms with van der Waals surface area (Å²) in [6.45, 7) is 0.361. The van der Waals surface area contributed by atoms with Crippen LogP contribution >= 0.6 is 0 Å². The topological polar surface area (TPSA) is 38.8 Å². The summed E-state index contributed by atoms with van der Waals surface area (Å²) in [5.41, 5.74) is 1.84. The van der Waals surface area contributed by atoms with E-state index >= 15 is 0 Å². The number of anilines is 1. The second kappa shape index (κ2) is 5.25. The smallest absolute Gasteiger partial charge is 0.415 e. The number of benzene rings is 2. The largest absolute Gasteiger partial charge is 0.497 e. The van der Waals surface area contributed by atoms with Gasteiger partial charge in [-0.25, -0.2) is 4.79 Å². The van der Waals surface area contributed by atoms with E-state index in [-0.39, 0.29) is 12.1 Å². The van der Waals surface area contributed by atoms with Crippen LogP contribution in [0.3, 0.4) is 0 Å². The lowest BCUT2D eigenvalue weighted by molar-refractivity contribution is 0.179. The summed E-state index contributed by atoms with van der Waals surface area (Å²) in [5.74, 6) is 0.717. The maximum absolute atomic E-state index is 12.0. The van der Waals surface area contributed by atoms with E-state index in [4.69, 9.17) is 9.47 Å². The molecule has 1 saturated heterocycles. The molecular formula is C16H15NO3. The molecule has 1 aliphatic heterocycles. The minimum Gasteiger partial charge on any atom is -0.497 e. The zero-order valence-electron chi connectivity index (χ0n) is 11.2. The monoisotopic (exact) mass is 269 g/mol. The molecule has 2 aromatic carbocycles. The summed E-state index contributed by atoms with van der Waals surface area (Å²) < 4.78 is 10.4. The van der Waals surface area contributed by atoms with E-state index in [0.29, 0.717) is 12.4 Å². The third-order valence-corrected chi connectivity index (χ3v) is 3.39. The Morgan fingerprint density at radius 3 is 2.70 bits per heavy atom. The molecule has 0 aliphatic carbocycles. The summed E-state index contributed by atoms with van der Waals surface area (Å²) >= 11 is 0. The van der Waals surface area contributed by atoms with Crippen molar-refractivity contribution in [3.05, 3.63) is 60.2 Å². The lowest BCUT2D eigenvalue weighted by atomic mass is 10.1. The van der Waals surface area contributed by atoms with Gasteiger partial charge < -0.3 is 9.47 Å². The number of nitrogens with zero attached hydrogens (tertiary/aromatic N) is 1. The molecule has 2 aromatic rings. The molecule has 4 heteroatoms. The van der Waals surface area contributed by atoms with Crippen molar-refractivity contribution < 1.29 is 14.3 Å². The van der Waals surface area contributed by atoms with Gasteiger partial charge in [-0.05, 0) is 17.7 Å². The zero-order chi connectivity index (χ0) is 13.9. The number of amides is 1. The third-order valence-electron chi connectivity index (χ3n) is 3.39. The van der Waals surface area contributed by atoms with Gasteiger partial charge in [0.25, 0.3) is 0 Å². The van der Waals surface area contributed by atoms with Crippen LogP contribution in [0, 0.1) is 0 Å². The predicted octanol–water partition coefficient (Wildman–Crippen LogP) is 3.39. The first kappa shape index (κ1) is 12.5. The summed E-state index contributed by atoms with van der Waals surface area (Å²) in [5, 5.41) is 0. The van der Waals surface area contributed by atoms with Gasteiger partial charge in [0.05, 0.1) is 18.8 Å². The SMILES string of the molecule is COc1cccc(N2C(=O)OCC2c2ccccc2)c1. The van der Waals surface area contributed by atoms with Gasteiger partial charge in [0.1, 0.15) is 12.4 Å². The number of carbonyl (C=O) groups is 1. The van der Waals surface area contributed by atoms with E-state index in [2.05, 4.69) is 0 Å². The molecule has 1 fully saturated rings. The molecule has 1 heterocycles. The average molecular weight is 269 g/mol. The highest BCUT2D eigenvalue weighted by molar-refractivity contribution is 5.90. The first-order valence-corrected chi connectivity index (χ1v) is 6.44. The number of rotatable bonds is 3. The molecular weight excluding hydrogens is 254 g/mol. The molecule has 0 radical (unpaired) electrons. The number of cyclic esters (lactones) is 1. The van der Waals surface area contributed by atoms with Gasteiger partial charge in [0.2, 0.25) is 0 Å². The number of carbonyl (C=O) groups excluding carboxylic acids is 1. The van der Waals surface area contributed by atoms with Gasteiger partial charge in [-0.1, -0.05) is 36.4 Å². The molecule has 0 aromatic heterocycles. The Labute approximate surface area is 117 Å². The maximum atomic E-state index is 12.0. The Bertz CT molecular complexity index is 612. The van der Waals surface area contributed by atoms with Gasteiger partial charge in [0.15, 0.2) is 0 Å². The van der Waals surface area contributed by atoms with E-state index in [1.165, 1.54) is 0 Å². The summed E-state index contributed by atoms with van der Waals surface area (Å²) in [4.78, 5) is 13.7. The third kappa shape index (κ3) is 2.20. The van der Waals surface area contributed by atoms with Crippen LogP contribution in [0.25, 0.3) is 0 Å². The van der Waals surface area contributed by atoms with Crippen molar-refractivity contribution in [2.75, 3.05) is 18.6 Å². The molecule has 0 spiro atoms. The van der Waals surface area contributed by atoms with Gasteiger partial charge in [-0.2, -0.15) is 0 Å². The van der Waals surface area contributed by atoms with Crippen LogP contribution in [-0.2, 0) is 4.74 Å². The van der Waals surface area contributed by atoms with Crippen LogP contribution in [0.5, 0.6) is 5.75 Å². The lowest BCUT2D eigenvalue weighted by Crippen LogP contribution is -2.27. The van der Waals surface area contributed by atoms with E-state index in [1.807, 2.05) is 54.6 Å². The number of methoxy groups -OCH3 is 1. The molecule has 1 aliphatic rings. The van der Waals surface area contributed by atoms with Crippen LogP contribution in [0.15, 0.2) is 54.6 Å². The molecule has 4 nitrogen and oxygen atoms in total. The molecule has 0 bridgehead atoms. The lowest BCUT2D eigenvalue weighted by Gasteiger charge is -2.22. The zero-order valence-corrected chi connectivity index (χ0v) is 11.2. The van der Waals surface area contributed by atoms with Crippen LogP contribution in [0.1, 0.15) is 11.6 Å². The van der Waals surface area contributed by atoms with E-state index in [9.17, 15) is 4.79 Å². The summed E-state index contributed by atoms with van der Waals surface area (Å²) in [7, 11) is 1.61. The fraction of sp³-hybridized carbons (Fsp3) is 0.188. The Morgan fingerprint density at radius 2 is 1.95 bits per heavy atom. The van der Waals surface area contributed by atoms with E-state index < -0.39 is 0 Å². The second-order valence-electron chi connectivity index (χ2n) is 4.57. The molecule has 1 unspecified atom stereocenters. The average Bonchev–Trinajstić information content (AvgIpc) is 2.90. The van der Waals surface area contributed by atoms with Crippen LogP contribution in [0.2, 0.25) is 0 Å². The standard InChI is InChI=1S/C16H15NO3/c1-19-14-9-5-8-13(10-14)17-15(11-20-16(17)18)12-6-3-2-4-7-12/h2-10,15H,11H2,1H3. The molecule has 20 heavy (non-hydrogen) atoms. The highest BCUT2D eigenvalue weighted by Crippen LogP contribution is 2.34. The highest BCUT2D eigenvalue weighted by Gasteiger charge is 2.35. The first-order valence-electron chi connectivity index (χ1n) is 6.44. The molecule has 0 saturated carbocycles. The minimum atomic E-state index is -0.327. The van der Waals surface area contributed by atoms with Crippen molar-refractivity contribution in [2.24, 2.45) is 0 Å². The quantitative estimate of drug-likeness (QED) is 0.857. The summed E-state index contributed by atoms with van der Waals surface area (Å²) in [6, 6.07) is 17.2.